The highest BCUT2D eigenvalue weighted by Gasteiger charge is 2.27. The Morgan fingerprint density at radius 2 is 1.88 bits per heavy atom. The molecule has 3 rings (SSSR count). The van der Waals surface area contributed by atoms with E-state index >= 15 is 0 Å². The van der Waals surface area contributed by atoms with E-state index in [4.69, 9.17) is 4.74 Å². The monoisotopic (exact) mass is 356 g/mol. The molecule has 0 spiro atoms. The third-order valence-electron chi connectivity index (χ3n) is 4.22. The number of hydrogen-bond acceptors (Lipinski definition) is 3. The molecule has 0 fully saturated rings. The molecule has 1 aliphatic rings. The first-order chi connectivity index (χ1) is 12.5. The van der Waals surface area contributed by atoms with Crippen molar-refractivity contribution < 1.29 is 18.7 Å². The minimum atomic E-state index is -0.359. The van der Waals surface area contributed by atoms with Crippen LogP contribution in [0.4, 0.5) is 10.1 Å². The summed E-state index contributed by atoms with van der Waals surface area (Å²) in [4.78, 5) is 26.2. The van der Waals surface area contributed by atoms with Gasteiger partial charge >= 0.3 is 0 Å². The van der Waals surface area contributed by atoms with E-state index in [9.17, 15) is 14.0 Å². The molecule has 1 aliphatic heterocycles. The first-order valence-electron chi connectivity index (χ1n) is 8.61. The molecule has 1 N–H and O–H groups in total. The quantitative estimate of drug-likeness (QED) is 0.896. The van der Waals surface area contributed by atoms with E-state index in [2.05, 4.69) is 5.32 Å². The fraction of sp³-hybridized carbons (Fsp3) is 0.300. The van der Waals surface area contributed by atoms with Gasteiger partial charge in [0.1, 0.15) is 17.7 Å². The summed E-state index contributed by atoms with van der Waals surface area (Å²) in [5.41, 5.74) is 1.14. The van der Waals surface area contributed by atoms with Gasteiger partial charge in [0.2, 0.25) is 11.8 Å². The van der Waals surface area contributed by atoms with Crippen molar-refractivity contribution in [3.63, 3.8) is 0 Å². The molecule has 0 bridgehead atoms. The van der Waals surface area contributed by atoms with Crippen LogP contribution < -0.4 is 15.0 Å². The maximum atomic E-state index is 13.6. The van der Waals surface area contributed by atoms with E-state index < -0.39 is 0 Å². The molecule has 0 unspecified atom stereocenters. The molecule has 1 heterocycles. The molecule has 0 saturated carbocycles. The van der Waals surface area contributed by atoms with E-state index in [1.807, 2.05) is 31.2 Å². The number of carbonyl (C=O) groups excluding carboxylic acids is 2. The average molecular weight is 356 g/mol. The second-order valence-electron chi connectivity index (χ2n) is 6.27. The smallest absolute Gasteiger partial charge is 0.227 e. The van der Waals surface area contributed by atoms with E-state index in [-0.39, 0.29) is 43.1 Å². The highest BCUT2D eigenvalue weighted by atomic mass is 19.1. The van der Waals surface area contributed by atoms with Crippen molar-refractivity contribution in [3.05, 3.63) is 59.9 Å². The van der Waals surface area contributed by atoms with Gasteiger partial charge in [0.25, 0.3) is 0 Å². The van der Waals surface area contributed by atoms with Gasteiger partial charge in [-0.1, -0.05) is 30.3 Å². The minimum absolute atomic E-state index is 0.0567. The molecule has 0 aliphatic carbocycles. The van der Waals surface area contributed by atoms with E-state index in [1.54, 1.807) is 23.1 Å². The predicted octanol–water partition coefficient (Wildman–Crippen LogP) is 3.04. The topological polar surface area (TPSA) is 58.6 Å². The fourth-order valence-electron chi connectivity index (χ4n) is 2.90. The van der Waals surface area contributed by atoms with Gasteiger partial charge in [-0.25, -0.2) is 4.39 Å². The molecule has 26 heavy (non-hydrogen) atoms. The number of anilines is 1. The molecule has 6 heteroatoms. The number of rotatable bonds is 5. The summed E-state index contributed by atoms with van der Waals surface area (Å²) in [5, 5.41) is 2.65. The SMILES string of the molecule is C[C@H]1CN(C(=O)CCC(=O)NCc2ccccc2F)c2ccccc2O1. The van der Waals surface area contributed by atoms with Gasteiger partial charge in [-0.2, -0.15) is 0 Å². The van der Waals surface area contributed by atoms with Gasteiger partial charge in [-0.3, -0.25) is 9.59 Å². The van der Waals surface area contributed by atoms with Gasteiger partial charge in [0.15, 0.2) is 0 Å². The van der Waals surface area contributed by atoms with Crippen LogP contribution in [0.2, 0.25) is 0 Å². The molecule has 5 nitrogen and oxygen atoms in total. The standard InChI is InChI=1S/C20H21FN2O3/c1-14-13-23(17-8-4-5-9-18(17)26-14)20(25)11-10-19(24)22-12-15-6-2-3-7-16(15)21/h2-9,14H,10-13H2,1H3,(H,22,24)/t14-/m0/s1. The van der Waals surface area contributed by atoms with E-state index in [0.29, 0.717) is 17.9 Å². The molecule has 0 saturated heterocycles. The zero-order chi connectivity index (χ0) is 18.5. The van der Waals surface area contributed by atoms with Gasteiger partial charge in [0.05, 0.1) is 12.2 Å². The number of nitrogens with zero attached hydrogens (tertiary/aromatic N) is 1. The summed E-state index contributed by atoms with van der Waals surface area (Å²) >= 11 is 0. The van der Waals surface area contributed by atoms with Crippen LogP contribution in [0, 0.1) is 5.82 Å². The predicted molar refractivity (Wildman–Crippen MR) is 96.4 cm³/mol. The van der Waals surface area contributed by atoms with E-state index in [0.717, 1.165) is 5.69 Å². The van der Waals surface area contributed by atoms with Crippen molar-refractivity contribution in [1.29, 1.82) is 0 Å². The van der Waals surface area contributed by atoms with Crippen LogP contribution in [0.5, 0.6) is 5.75 Å². The summed E-state index contributed by atoms with van der Waals surface area (Å²) in [7, 11) is 0. The first kappa shape index (κ1) is 17.9. The van der Waals surface area contributed by atoms with Gasteiger partial charge < -0.3 is 15.0 Å². The number of nitrogens with one attached hydrogen (secondary N) is 1. The van der Waals surface area contributed by atoms with Crippen molar-refractivity contribution in [2.75, 3.05) is 11.4 Å². The maximum Gasteiger partial charge on any atom is 0.227 e. The Balaban J connectivity index is 1.54. The van der Waals surface area contributed by atoms with Crippen LogP contribution in [0.25, 0.3) is 0 Å². The van der Waals surface area contributed by atoms with Crippen molar-refractivity contribution in [3.8, 4) is 5.75 Å². The summed E-state index contributed by atoms with van der Waals surface area (Å²) in [6.07, 6.45) is 0.0365. The van der Waals surface area contributed by atoms with Crippen LogP contribution >= 0.6 is 0 Å². The lowest BCUT2D eigenvalue weighted by Crippen LogP contribution is -2.42. The maximum absolute atomic E-state index is 13.6. The lowest BCUT2D eigenvalue weighted by molar-refractivity contribution is -0.125. The second-order valence-corrected chi connectivity index (χ2v) is 6.27. The fourth-order valence-corrected chi connectivity index (χ4v) is 2.90. The molecule has 0 radical (unpaired) electrons. The van der Waals surface area contributed by atoms with Crippen molar-refractivity contribution in [2.45, 2.75) is 32.4 Å². The molecule has 2 amide bonds. The van der Waals surface area contributed by atoms with E-state index in [1.165, 1.54) is 6.07 Å². The van der Waals surface area contributed by atoms with Crippen LogP contribution in [-0.2, 0) is 16.1 Å². The molecule has 0 aromatic heterocycles. The summed E-state index contributed by atoms with van der Waals surface area (Å²) in [5.74, 6) is -0.101. The Hall–Kier alpha value is -2.89. The number of ether oxygens (including phenoxy) is 1. The first-order valence-corrected chi connectivity index (χ1v) is 8.61. The molecular formula is C20H21FN2O3. The number of amides is 2. The largest absolute Gasteiger partial charge is 0.487 e. The molecule has 2 aromatic rings. The Kier molecular flexibility index (Phi) is 5.51. The number of benzene rings is 2. The lowest BCUT2D eigenvalue weighted by atomic mass is 10.1. The average Bonchev–Trinajstić information content (AvgIpc) is 2.64. The highest BCUT2D eigenvalue weighted by molar-refractivity contribution is 5.97. The van der Waals surface area contributed by atoms with Crippen molar-refractivity contribution >= 4 is 17.5 Å². The summed E-state index contributed by atoms with van der Waals surface area (Å²) < 4.78 is 19.3. The Labute approximate surface area is 151 Å². The minimum Gasteiger partial charge on any atom is -0.487 e. The lowest BCUT2D eigenvalue weighted by Gasteiger charge is -2.33. The normalized spacial score (nSPS) is 15.8. The zero-order valence-corrected chi connectivity index (χ0v) is 14.6. The summed E-state index contributed by atoms with van der Waals surface area (Å²) in [6, 6.07) is 13.6. The van der Waals surface area contributed by atoms with Gasteiger partial charge in [-0.15, -0.1) is 0 Å². The third kappa shape index (κ3) is 4.20. The van der Waals surface area contributed by atoms with Gasteiger partial charge in [0, 0.05) is 24.9 Å². The second kappa shape index (κ2) is 7.99. The molecule has 136 valence electrons. The van der Waals surface area contributed by atoms with Crippen LogP contribution in [-0.4, -0.2) is 24.5 Å². The zero-order valence-electron chi connectivity index (χ0n) is 14.6. The number of carbonyl (C=O) groups is 2. The Morgan fingerprint density at radius 3 is 2.69 bits per heavy atom. The molecule has 1 atom stereocenters. The van der Waals surface area contributed by atoms with Crippen LogP contribution in [0.3, 0.4) is 0 Å². The van der Waals surface area contributed by atoms with Crippen molar-refractivity contribution in [2.24, 2.45) is 0 Å². The van der Waals surface area contributed by atoms with Crippen LogP contribution in [0.1, 0.15) is 25.3 Å². The van der Waals surface area contributed by atoms with Crippen molar-refractivity contribution in [1.82, 2.24) is 5.32 Å². The third-order valence-corrected chi connectivity index (χ3v) is 4.22. The van der Waals surface area contributed by atoms with Gasteiger partial charge in [-0.05, 0) is 25.1 Å². The highest BCUT2D eigenvalue weighted by Crippen LogP contribution is 2.33. The molecular weight excluding hydrogens is 335 g/mol. The number of fused-ring (bicyclic) bond motifs is 1. The number of para-hydroxylation sites is 2. The number of hydrogen-bond donors (Lipinski definition) is 1. The summed E-state index contributed by atoms with van der Waals surface area (Å²) in [6.45, 7) is 2.46. The molecule has 2 aromatic carbocycles. The Bertz CT molecular complexity index is 809. The Morgan fingerprint density at radius 1 is 1.15 bits per heavy atom. The van der Waals surface area contributed by atoms with Crippen LogP contribution in [0.15, 0.2) is 48.5 Å². The number of halogens is 1.